The van der Waals surface area contributed by atoms with E-state index in [-0.39, 0.29) is 0 Å². The average molecular weight is 391 g/mol. The lowest BCUT2D eigenvalue weighted by molar-refractivity contribution is 0.887. The number of hydrogen-bond acceptors (Lipinski definition) is 4. The third kappa shape index (κ3) is 4.08. The van der Waals surface area contributed by atoms with Crippen LogP contribution in [-0.4, -0.2) is 4.57 Å². The minimum Gasteiger partial charge on any atom is -0.385 e. The summed E-state index contributed by atoms with van der Waals surface area (Å²) >= 11 is 0. The highest BCUT2D eigenvalue weighted by molar-refractivity contribution is 5.69. The molecule has 3 N–H and O–H groups in total. The van der Waals surface area contributed by atoms with Crippen LogP contribution in [0, 0.1) is 11.3 Å². The Balaban J connectivity index is 1.91. The molecular weight excluding hydrogens is 370 g/mol. The molecule has 0 radical (unpaired) electrons. The molecule has 5 heteroatoms. The van der Waals surface area contributed by atoms with Crippen LogP contribution in [0.5, 0.6) is 0 Å². The van der Waals surface area contributed by atoms with Crippen molar-refractivity contribution in [3.05, 3.63) is 114 Å². The molecule has 4 aromatic rings. The van der Waals surface area contributed by atoms with Crippen LogP contribution in [0.4, 0.5) is 17.2 Å². The zero-order valence-electron chi connectivity index (χ0n) is 16.4. The van der Waals surface area contributed by atoms with Crippen molar-refractivity contribution in [3.63, 3.8) is 0 Å². The number of pyridine rings is 1. The summed E-state index contributed by atoms with van der Waals surface area (Å²) in [6, 6.07) is 33.5. The molecule has 0 bridgehead atoms. The highest BCUT2D eigenvalue weighted by Gasteiger charge is 2.13. The third-order valence-corrected chi connectivity index (χ3v) is 4.69. The molecule has 0 aliphatic carbocycles. The van der Waals surface area contributed by atoms with Gasteiger partial charge in [-0.25, -0.2) is 0 Å². The van der Waals surface area contributed by atoms with Gasteiger partial charge in [-0.1, -0.05) is 66.7 Å². The first-order chi connectivity index (χ1) is 14.8. The van der Waals surface area contributed by atoms with Gasteiger partial charge >= 0.3 is 0 Å². The fourth-order valence-electron chi connectivity index (χ4n) is 3.27. The molecular formula is C25H21N5. The maximum atomic E-state index is 10.0. The molecule has 1 aromatic heterocycles. The Hall–Kier alpha value is -4.30. The predicted octanol–water partition coefficient (Wildman–Crippen LogP) is 4.78. The van der Waals surface area contributed by atoms with E-state index in [1.54, 1.807) is 6.07 Å². The summed E-state index contributed by atoms with van der Waals surface area (Å²) in [6.45, 7) is 0.441. The summed E-state index contributed by atoms with van der Waals surface area (Å²) in [7, 11) is 0. The number of rotatable bonds is 5. The van der Waals surface area contributed by atoms with E-state index in [1.807, 2.05) is 95.6 Å². The number of benzene rings is 3. The number of nitrogens with one attached hydrogen (secondary N) is 1. The first-order valence-electron chi connectivity index (χ1n) is 9.64. The summed E-state index contributed by atoms with van der Waals surface area (Å²) in [6.07, 6.45) is 0. The third-order valence-electron chi connectivity index (χ3n) is 4.69. The summed E-state index contributed by atoms with van der Waals surface area (Å²) in [5.74, 6) is 0.491. The van der Waals surface area contributed by atoms with E-state index in [0.29, 0.717) is 29.1 Å². The van der Waals surface area contributed by atoms with Gasteiger partial charge in [0.25, 0.3) is 0 Å². The second kappa shape index (κ2) is 8.80. The first kappa shape index (κ1) is 19.0. The predicted molar refractivity (Wildman–Crippen MR) is 120 cm³/mol. The lowest BCUT2D eigenvalue weighted by atomic mass is 10.2. The van der Waals surface area contributed by atoms with Crippen molar-refractivity contribution in [1.82, 2.24) is 4.57 Å². The summed E-state index contributed by atoms with van der Waals surface area (Å²) in [4.78, 5) is 4.81. The number of hydrogen-bond donors (Lipinski definition) is 2. The number of anilines is 3. The lowest BCUT2D eigenvalue weighted by Crippen LogP contribution is -2.26. The SMILES string of the molecule is N#Cc1c(Nc2ccccc2)cc(N)n(-c2ccccc2)/c1=N\Cc1ccccc1. The Bertz CT molecular complexity index is 1240. The second-order valence-corrected chi connectivity index (χ2v) is 6.76. The quantitative estimate of drug-likeness (QED) is 0.514. The number of para-hydroxylation sites is 2. The summed E-state index contributed by atoms with van der Waals surface area (Å²) < 4.78 is 1.82. The van der Waals surface area contributed by atoms with Crippen molar-refractivity contribution in [2.75, 3.05) is 11.1 Å². The zero-order chi connectivity index (χ0) is 20.8. The molecule has 5 nitrogen and oxygen atoms in total. The number of nitriles is 1. The molecule has 0 atom stereocenters. The van der Waals surface area contributed by atoms with Crippen molar-refractivity contribution < 1.29 is 0 Å². The molecule has 146 valence electrons. The maximum Gasteiger partial charge on any atom is 0.154 e. The smallest absolute Gasteiger partial charge is 0.154 e. The van der Waals surface area contributed by atoms with Crippen LogP contribution in [0.2, 0.25) is 0 Å². The largest absolute Gasteiger partial charge is 0.385 e. The van der Waals surface area contributed by atoms with Gasteiger partial charge in [0.2, 0.25) is 0 Å². The Labute approximate surface area is 175 Å². The van der Waals surface area contributed by atoms with E-state index in [4.69, 9.17) is 10.7 Å². The van der Waals surface area contributed by atoms with Crippen molar-refractivity contribution in [2.45, 2.75) is 6.54 Å². The van der Waals surface area contributed by atoms with E-state index >= 15 is 0 Å². The van der Waals surface area contributed by atoms with E-state index < -0.39 is 0 Å². The van der Waals surface area contributed by atoms with Gasteiger partial charge in [0.15, 0.2) is 5.49 Å². The van der Waals surface area contributed by atoms with Gasteiger partial charge in [-0.2, -0.15) is 5.26 Å². The van der Waals surface area contributed by atoms with Gasteiger partial charge in [-0.3, -0.25) is 9.56 Å². The fourth-order valence-corrected chi connectivity index (χ4v) is 3.27. The van der Waals surface area contributed by atoms with Crippen LogP contribution in [0.15, 0.2) is 102 Å². The number of aromatic nitrogens is 1. The zero-order valence-corrected chi connectivity index (χ0v) is 16.4. The van der Waals surface area contributed by atoms with Crippen molar-refractivity contribution in [1.29, 1.82) is 5.26 Å². The van der Waals surface area contributed by atoms with Crippen LogP contribution in [-0.2, 0) is 6.54 Å². The molecule has 0 amide bonds. The topological polar surface area (TPSA) is 79.1 Å². The molecule has 1 heterocycles. The van der Waals surface area contributed by atoms with Crippen LogP contribution >= 0.6 is 0 Å². The standard InChI is InChI=1S/C25H21N5/c26-17-22-23(29-20-12-6-2-7-13-20)16-24(27)30(21-14-8-3-9-15-21)25(22)28-18-19-10-4-1-5-11-19/h1-16,29H,18,27H2/b28-25-. The van der Waals surface area contributed by atoms with Gasteiger partial charge < -0.3 is 11.1 Å². The second-order valence-electron chi connectivity index (χ2n) is 6.76. The first-order valence-corrected chi connectivity index (χ1v) is 9.64. The van der Waals surface area contributed by atoms with Gasteiger partial charge in [-0.05, 0) is 29.8 Å². The van der Waals surface area contributed by atoms with E-state index in [2.05, 4.69) is 11.4 Å². The van der Waals surface area contributed by atoms with Gasteiger partial charge in [-0.15, -0.1) is 0 Å². The number of nitrogens with zero attached hydrogens (tertiary/aromatic N) is 3. The lowest BCUT2D eigenvalue weighted by Gasteiger charge is -2.17. The monoisotopic (exact) mass is 391 g/mol. The Morgan fingerprint density at radius 2 is 1.47 bits per heavy atom. The van der Waals surface area contributed by atoms with Gasteiger partial charge in [0, 0.05) is 17.4 Å². The molecule has 4 rings (SSSR count). The Kier molecular flexibility index (Phi) is 5.59. The van der Waals surface area contributed by atoms with Crippen LogP contribution in [0.3, 0.4) is 0 Å². The van der Waals surface area contributed by atoms with Crippen LogP contribution in [0.25, 0.3) is 5.69 Å². The summed E-state index contributed by atoms with van der Waals surface area (Å²) in [5, 5.41) is 13.3. The normalized spacial score (nSPS) is 11.1. The molecule has 0 unspecified atom stereocenters. The minimum atomic E-state index is 0.438. The van der Waals surface area contributed by atoms with E-state index in [1.165, 1.54) is 0 Å². The van der Waals surface area contributed by atoms with Crippen LogP contribution < -0.4 is 16.5 Å². The highest BCUT2D eigenvalue weighted by Crippen LogP contribution is 2.23. The van der Waals surface area contributed by atoms with E-state index in [0.717, 1.165) is 16.9 Å². The molecule has 0 aliphatic rings. The Morgan fingerprint density at radius 3 is 2.10 bits per heavy atom. The maximum absolute atomic E-state index is 10.0. The highest BCUT2D eigenvalue weighted by atomic mass is 15.1. The van der Waals surface area contributed by atoms with Crippen molar-refractivity contribution in [3.8, 4) is 11.8 Å². The molecule has 0 fully saturated rings. The Morgan fingerprint density at radius 1 is 0.867 bits per heavy atom. The van der Waals surface area contributed by atoms with Crippen molar-refractivity contribution >= 4 is 17.2 Å². The molecule has 0 saturated carbocycles. The average Bonchev–Trinajstić information content (AvgIpc) is 2.79. The fraction of sp³-hybridized carbons (Fsp3) is 0.0400. The number of nitrogens with two attached hydrogens (primary N) is 1. The molecule has 0 aliphatic heterocycles. The van der Waals surface area contributed by atoms with E-state index in [9.17, 15) is 5.26 Å². The van der Waals surface area contributed by atoms with Crippen molar-refractivity contribution in [2.24, 2.45) is 4.99 Å². The molecule has 0 spiro atoms. The van der Waals surface area contributed by atoms with Gasteiger partial charge in [0.1, 0.15) is 17.5 Å². The van der Waals surface area contributed by atoms with Gasteiger partial charge in [0.05, 0.1) is 12.2 Å². The minimum absolute atomic E-state index is 0.438. The number of nitrogen functional groups attached to an aromatic ring is 1. The molecule has 30 heavy (non-hydrogen) atoms. The molecule has 0 saturated heterocycles. The molecule has 3 aromatic carbocycles. The van der Waals surface area contributed by atoms with Crippen LogP contribution in [0.1, 0.15) is 11.1 Å². The summed E-state index contributed by atoms with van der Waals surface area (Å²) in [5.41, 5.74) is 10.8.